The Balaban J connectivity index is 2.72. The summed E-state index contributed by atoms with van der Waals surface area (Å²) in [6, 6.07) is 7.15. The number of likely N-dealkylation sites (N-methyl/N-ethyl adjacent to an activating group) is 1. The number of halogens is 1. The van der Waals surface area contributed by atoms with Gasteiger partial charge in [0.25, 0.3) is 0 Å². The standard InChI is InChI=1S/C17H29FN4/c1-12(2)13(3)21-17(19-4)20-11-16(22(5)6)14-8-7-9-15(18)10-14/h7-10,12-13,16H,11H2,1-6H3,(H2,19,20,21). The van der Waals surface area contributed by atoms with Gasteiger partial charge >= 0.3 is 0 Å². The molecule has 0 heterocycles. The highest BCUT2D eigenvalue weighted by Crippen LogP contribution is 2.18. The van der Waals surface area contributed by atoms with E-state index in [1.54, 1.807) is 19.2 Å². The molecule has 0 aliphatic carbocycles. The fraction of sp³-hybridized carbons (Fsp3) is 0.588. The van der Waals surface area contributed by atoms with Crippen LogP contribution >= 0.6 is 0 Å². The quantitative estimate of drug-likeness (QED) is 0.627. The van der Waals surface area contributed by atoms with E-state index in [0.717, 1.165) is 11.5 Å². The number of hydrogen-bond acceptors (Lipinski definition) is 2. The molecular weight excluding hydrogens is 279 g/mol. The zero-order valence-corrected chi connectivity index (χ0v) is 14.5. The zero-order chi connectivity index (χ0) is 16.7. The Morgan fingerprint density at radius 1 is 1.27 bits per heavy atom. The van der Waals surface area contributed by atoms with Gasteiger partial charge in [0.2, 0.25) is 0 Å². The summed E-state index contributed by atoms with van der Waals surface area (Å²) < 4.78 is 13.4. The SMILES string of the molecule is CN=C(NCC(c1cccc(F)c1)N(C)C)NC(C)C(C)C. The lowest BCUT2D eigenvalue weighted by atomic mass is 10.1. The fourth-order valence-corrected chi connectivity index (χ4v) is 2.08. The summed E-state index contributed by atoms with van der Waals surface area (Å²) in [7, 11) is 5.74. The van der Waals surface area contributed by atoms with E-state index >= 15 is 0 Å². The third-order valence-electron chi connectivity index (χ3n) is 3.91. The Morgan fingerprint density at radius 2 is 1.95 bits per heavy atom. The summed E-state index contributed by atoms with van der Waals surface area (Å²) >= 11 is 0. The van der Waals surface area contributed by atoms with Crippen molar-refractivity contribution in [1.29, 1.82) is 0 Å². The zero-order valence-electron chi connectivity index (χ0n) is 14.5. The van der Waals surface area contributed by atoms with Gasteiger partial charge in [0.05, 0.1) is 6.04 Å². The van der Waals surface area contributed by atoms with E-state index in [1.807, 2.05) is 20.2 Å². The maximum Gasteiger partial charge on any atom is 0.191 e. The molecule has 2 atom stereocenters. The molecule has 2 unspecified atom stereocenters. The summed E-state index contributed by atoms with van der Waals surface area (Å²) in [6.07, 6.45) is 0. The highest BCUT2D eigenvalue weighted by Gasteiger charge is 2.16. The van der Waals surface area contributed by atoms with E-state index in [2.05, 4.69) is 41.3 Å². The first kappa shape index (κ1) is 18.4. The highest BCUT2D eigenvalue weighted by molar-refractivity contribution is 5.80. The van der Waals surface area contributed by atoms with Crippen LogP contribution in [0.4, 0.5) is 4.39 Å². The number of aliphatic imine (C=N–C) groups is 1. The Hall–Kier alpha value is -1.62. The third-order valence-corrected chi connectivity index (χ3v) is 3.91. The van der Waals surface area contributed by atoms with Crippen molar-refractivity contribution in [2.75, 3.05) is 27.7 Å². The maximum atomic E-state index is 13.4. The third kappa shape index (κ3) is 5.64. The van der Waals surface area contributed by atoms with Crippen LogP contribution in [-0.2, 0) is 0 Å². The Morgan fingerprint density at radius 3 is 2.45 bits per heavy atom. The largest absolute Gasteiger partial charge is 0.354 e. The molecule has 124 valence electrons. The molecule has 0 fully saturated rings. The van der Waals surface area contributed by atoms with Crippen molar-refractivity contribution in [2.45, 2.75) is 32.9 Å². The second-order valence-electron chi connectivity index (χ2n) is 6.16. The van der Waals surface area contributed by atoms with Crippen molar-refractivity contribution >= 4 is 5.96 Å². The molecule has 22 heavy (non-hydrogen) atoms. The van der Waals surface area contributed by atoms with E-state index in [-0.39, 0.29) is 11.9 Å². The van der Waals surface area contributed by atoms with Crippen LogP contribution in [0, 0.1) is 11.7 Å². The molecule has 0 saturated carbocycles. The molecule has 1 aromatic rings. The minimum atomic E-state index is -0.208. The monoisotopic (exact) mass is 308 g/mol. The molecule has 1 aromatic carbocycles. The van der Waals surface area contributed by atoms with Crippen LogP contribution in [0.1, 0.15) is 32.4 Å². The van der Waals surface area contributed by atoms with E-state index in [9.17, 15) is 4.39 Å². The van der Waals surface area contributed by atoms with E-state index in [0.29, 0.717) is 18.5 Å². The van der Waals surface area contributed by atoms with Crippen LogP contribution in [-0.4, -0.2) is 44.6 Å². The summed E-state index contributed by atoms with van der Waals surface area (Å²) in [5, 5.41) is 6.70. The summed E-state index contributed by atoms with van der Waals surface area (Å²) in [6.45, 7) is 7.12. The summed E-state index contributed by atoms with van der Waals surface area (Å²) in [5.74, 6) is 1.08. The lowest BCUT2D eigenvalue weighted by molar-refractivity contribution is 0.297. The number of nitrogens with one attached hydrogen (secondary N) is 2. The van der Waals surface area contributed by atoms with E-state index in [1.165, 1.54) is 6.07 Å². The Bertz CT molecular complexity index is 485. The van der Waals surface area contributed by atoms with Crippen molar-refractivity contribution < 1.29 is 4.39 Å². The molecule has 0 bridgehead atoms. The first-order chi connectivity index (χ1) is 10.3. The maximum absolute atomic E-state index is 13.4. The molecule has 2 N–H and O–H groups in total. The average Bonchev–Trinajstić information content (AvgIpc) is 2.45. The van der Waals surface area contributed by atoms with Gasteiger partial charge in [-0.1, -0.05) is 26.0 Å². The lowest BCUT2D eigenvalue weighted by Gasteiger charge is -2.27. The number of rotatable bonds is 6. The number of hydrogen-bond donors (Lipinski definition) is 2. The van der Waals surface area contributed by atoms with Gasteiger partial charge in [-0.15, -0.1) is 0 Å². The molecule has 0 saturated heterocycles. The first-order valence-corrected chi connectivity index (χ1v) is 7.74. The molecule has 0 spiro atoms. The van der Waals surface area contributed by atoms with Gasteiger partial charge in [-0.05, 0) is 44.6 Å². The van der Waals surface area contributed by atoms with Crippen LogP contribution in [0.25, 0.3) is 0 Å². The predicted molar refractivity (Wildman–Crippen MR) is 91.6 cm³/mol. The van der Waals surface area contributed by atoms with Crippen molar-refractivity contribution in [1.82, 2.24) is 15.5 Å². The van der Waals surface area contributed by atoms with Gasteiger partial charge in [0.1, 0.15) is 5.82 Å². The molecular formula is C17H29FN4. The normalized spacial score (nSPS) is 15.0. The van der Waals surface area contributed by atoms with Gasteiger partial charge in [0.15, 0.2) is 5.96 Å². The van der Waals surface area contributed by atoms with Crippen LogP contribution in [0.5, 0.6) is 0 Å². The lowest BCUT2D eigenvalue weighted by Crippen LogP contribution is -2.46. The molecule has 5 heteroatoms. The number of benzene rings is 1. The average molecular weight is 308 g/mol. The number of guanidine groups is 1. The Labute approximate surface area is 133 Å². The van der Waals surface area contributed by atoms with Gasteiger partial charge in [-0.2, -0.15) is 0 Å². The summed E-state index contributed by atoms with van der Waals surface area (Å²) in [5.41, 5.74) is 0.949. The van der Waals surface area contributed by atoms with Crippen molar-refractivity contribution in [3.63, 3.8) is 0 Å². The van der Waals surface area contributed by atoms with Crippen LogP contribution in [0.2, 0.25) is 0 Å². The van der Waals surface area contributed by atoms with E-state index < -0.39 is 0 Å². The highest BCUT2D eigenvalue weighted by atomic mass is 19.1. The van der Waals surface area contributed by atoms with Crippen LogP contribution in [0.15, 0.2) is 29.3 Å². The molecule has 0 radical (unpaired) electrons. The van der Waals surface area contributed by atoms with Gasteiger partial charge in [-0.25, -0.2) is 4.39 Å². The molecule has 0 aliphatic heterocycles. The molecule has 0 amide bonds. The second kappa shape index (κ2) is 8.73. The van der Waals surface area contributed by atoms with Gasteiger partial charge < -0.3 is 15.5 Å². The summed E-state index contributed by atoms with van der Waals surface area (Å²) in [4.78, 5) is 6.33. The second-order valence-corrected chi connectivity index (χ2v) is 6.16. The Kier molecular flexibility index (Phi) is 7.32. The predicted octanol–water partition coefficient (Wildman–Crippen LogP) is 2.64. The fourth-order valence-electron chi connectivity index (χ4n) is 2.08. The minimum absolute atomic E-state index is 0.0728. The molecule has 4 nitrogen and oxygen atoms in total. The molecule has 0 aliphatic rings. The van der Waals surface area contributed by atoms with Gasteiger partial charge in [-0.3, -0.25) is 4.99 Å². The van der Waals surface area contributed by atoms with Crippen molar-refractivity contribution in [2.24, 2.45) is 10.9 Å². The topological polar surface area (TPSA) is 39.7 Å². The molecule has 1 rings (SSSR count). The van der Waals surface area contributed by atoms with Crippen LogP contribution in [0.3, 0.4) is 0 Å². The molecule has 0 aromatic heterocycles. The van der Waals surface area contributed by atoms with Crippen LogP contribution < -0.4 is 10.6 Å². The van der Waals surface area contributed by atoms with E-state index in [4.69, 9.17) is 0 Å². The smallest absolute Gasteiger partial charge is 0.191 e. The van der Waals surface area contributed by atoms with Crippen molar-refractivity contribution in [3.05, 3.63) is 35.6 Å². The number of nitrogens with zero attached hydrogens (tertiary/aromatic N) is 2. The van der Waals surface area contributed by atoms with Gasteiger partial charge in [0, 0.05) is 19.6 Å². The minimum Gasteiger partial charge on any atom is -0.354 e. The van der Waals surface area contributed by atoms with Crippen molar-refractivity contribution in [3.8, 4) is 0 Å². The first-order valence-electron chi connectivity index (χ1n) is 7.74.